The van der Waals surface area contributed by atoms with Crippen molar-refractivity contribution in [1.82, 2.24) is 15.3 Å². The third-order valence-electron chi connectivity index (χ3n) is 4.89. The molecule has 1 N–H and O–H groups in total. The fourth-order valence-corrected chi connectivity index (χ4v) is 3.15. The zero-order chi connectivity index (χ0) is 21.7. The van der Waals surface area contributed by atoms with Gasteiger partial charge in [-0.1, -0.05) is 6.08 Å². The molecule has 2 heterocycles. The third-order valence-corrected chi connectivity index (χ3v) is 4.89. The van der Waals surface area contributed by atoms with E-state index >= 15 is 0 Å². The van der Waals surface area contributed by atoms with Gasteiger partial charge in [0, 0.05) is 25.0 Å². The van der Waals surface area contributed by atoms with E-state index in [9.17, 15) is 9.59 Å². The number of fused-ring (bicyclic) bond motifs is 1. The smallest absolute Gasteiger partial charge is 0.289 e. The topological polar surface area (TPSA) is 108 Å². The van der Waals surface area contributed by atoms with E-state index in [1.165, 1.54) is 4.90 Å². The van der Waals surface area contributed by atoms with Crippen LogP contribution in [0.3, 0.4) is 0 Å². The highest BCUT2D eigenvalue weighted by Gasteiger charge is 2.31. The second-order valence-electron chi connectivity index (χ2n) is 7.03. The van der Waals surface area contributed by atoms with Crippen molar-refractivity contribution in [2.24, 2.45) is 0 Å². The number of aromatic nitrogens is 2. The molecule has 0 unspecified atom stereocenters. The van der Waals surface area contributed by atoms with Gasteiger partial charge in [-0.25, -0.2) is 9.97 Å². The van der Waals surface area contributed by atoms with Crippen LogP contribution in [0.4, 0.5) is 5.69 Å². The van der Waals surface area contributed by atoms with Crippen LogP contribution in [0.5, 0.6) is 5.75 Å². The summed E-state index contributed by atoms with van der Waals surface area (Å²) in [5.74, 6) is -0.444. The molecule has 0 saturated heterocycles. The predicted molar refractivity (Wildman–Crippen MR) is 111 cm³/mol. The van der Waals surface area contributed by atoms with Crippen molar-refractivity contribution in [3.8, 4) is 11.8 Å². The Hall–Kier alpha value is -3.73. The molecule has 1 aromatic heterocycles. The lowest BCUT2D eigenvalue weighted by Crippen LogP contribution is -2.49. The van der Waals surface area contributed by atoms with Crippen LogP contribution in [-0.4, -0.2) is 41.5 Å². The number of benzene rings is 1. The van der Waals surface area contributed by atoms with E-state index < -0.39 is 11.9 Å². The molecule has 1 aromatic carbocycles. The van der Waals surface area contributed by atoms with Crippen molar-refractivity contribution in [2.75, 3.05) is 18.6 Å². The number of nitrogens with zero attached hydrogens (tertiary/aromatic N) is 4. The quantitative estimate of drug-likeness (QED) is 0.584. The minimum atomic E-state index is -0.908. The van der Waals surface area contributed by atoms with Crippen LogP contribution in [0.2, 0.25) is 0 Å². The molecule has 0 bridgehead atoms. The zero-order valence-electron chi connectivity index (χ0n) is 17.0. The number of nitrogens with one attached hydrogen (secondary N) is 1. The number of aryl methyl sites for hydroxylation is 2. The Bertz CT molecular complexity index is 1030. The van der Waals surface area contributed by atoms with Crippen LogP contribution in [-0.2, 0) is 11.2 Å². The van der Waals surface area contributed by atoms with Gasteiger partial charge in [-0.3, -0.25) is 9.59 Å². The van der Waals surface area contributed by atoms with Crippen LogP contribution in [0.1, 0.15) is 40.3 Å². The second kappa shape index (κ2) is 9.18. The third kappa shape index (κ3) is 4.46. The maximum absolute atomic E-state index is 12.8. The molecule has 0 aliphatic carbocycles. The van der Waals surface area contributed by atoms with Gasteiger partial charge in [-0.15, -0.1) is 6.58 Å². The Morgan fingerprint density at radius 3 is 3.03 bits per heavy atom. The van der Waals surface area contributed by atoms with Gasteiger partial charge in [0.2, 0.25) is 5.82 Å². The molecular formula is C22H23N5O3. The number of amides is 2. The molecule has 0 spiro atoms. The predicted octanol–water partition coefficient (Wildman–Crippen LogP) is 2.32. The number of unbranched alkanes of at least 4 members (excludes halogenated alkanes) is 1. The number of nitriles is 1. The van der Waals surface area contributed by atoms with E-state index in [2.05, 4.69) is 21.9 Å². The van der Waals surface area contributed by atoms with Crippen LogP contribution >= 0.6 is 0 Å². The summed E-state index contributed by atoms with van der Waals surface area (Å²) < 4.78 is 5.71. The van der Waals surface area contributed by atoms with Crippen LogP contribution in [0.15, 0.2) is 37.1 Å². The molecular weight excluding hydrogens is 382 g/mol. The molecule has 8 nitrogen and oxygen atoms in total. The molecule has 2 amide bonds. The Labute approximate surface area is 175 Å². The average Bonchev–Trinajstić information content (AvgIpc) is 2.86. The lowest BCUT2D eigenvalue weighted by Gasteiger charge is -2.20. The summed E-state index contributed by atoms with van der Waals surface area (Å²) in [6.45, 7) is 5.55. The molecule has 0 saturated carbocycles. The lowest BCUT2D eigenvalue weighted by atomic mass is 10.1. The standard InChI is InChI=1S/C22H23N5O3/c1-4-5-6-7-16-14(2)12-24-20(25-16)21(28)26-17-13-30-19-10-15(11-23)8-9-18(19)27(3)22(17)29/h4,8-10,12,17H,1,5-7,13H2,2-3H3,(H,26,28)/t17-/m0/s1. The van der Waals surface area contributed by atoms with Crippen molar-refractivity contribution in [2.45, 2.75) is 32.2 Å². The van der Waals surface area contributed by atoms with Gasteiger partial charge in [-0.05, 0) is 43.9 Å². The number of hydrogen-bond donors (Lipinski definition) is 1. The van der Waals surface area contributed by atoms with Gasteiger partial charge in [-0.2, -0.15) is 5.26 Å². The fourth-order valence-electron chi connectivity index (χ4n) is 3.15. The summed E-state index contributed by atoms with van der Waals surface area (Å²) in [4.78, 5) is 35.5. The maximum atomic E-state index is 12.8. The van der Waals surface area contributed by atoms with Gasteiger partial charge < -0.3 is 15.0 Å². The second-order valence-corrected chi connectivity index (χ2v) is 7.03. The van der Waals surface area contributed by atoms with Gasteiger partial charge in [0.15, 0.2) is 0 Å². The number of carbonyl (C=O) groups excluding carboxylic acids is 2. The van der Waals surface area contributed by atoms with Crippen molar-refractivity contribution in [1.29, 1.82) is 5.26 Å². The van der Waals surface area contributed by atoms with Gasteiger partial charge >= 0.3 is 0 Å². The molecule has 0 radical (unpaired) electrons. The Balaban J connectivity index is 1.75. The number of rotatable bonds is 6. The molecule has 154 valence electrons. The van der Waals surface area contributed by atoms with Crippen molar-refractivity contribution in [3.63, 3.8) is 0 Å². The first-order chi connectivity index (χ1) is 14.4. The summed E-state index contributed by atoms with van der Waals surface area (Å²) in [7, 11) is 1.60. The van der Waals surface area contributed by atoms with E-state index in [0.717, 1.165) is 24.1 Å². The van der Waals surface area contributed by atoms with E-state index in [4.69, 9.17) is 10.00 Å². The average molecular weight is 405 g/mol. The van der Waals surface area contributed by atoms with Gasteiger partial charge in [0.05, 0.1) is 17.3 Å². The summed E-state index contributed by atoms with van der Waals surface area (Å²) in [5.41, 5.74) is 2.67. The Kier molecular flexibility index (Phi) is 6.42. The number of anilines is 1. The van der Waals surface area contributed by atoms with E-state index in [1.54, 1.807) is 31.4 Å². The first-order valence-electron chi connectivity index (χ1n) is 9.63. The molecule has 8 heteroatoms. The molecule has 3 rings (SSSR count). The van der Waals surface area contributed by atoms with Crippen LogP contribution in [0.25, 0.3) is 0 Å². The van der Waals surface area contributed by atoms with Gasteiger partial charge in [0.1, 0.15) is 18.4 Å². The Morgan fingerprint density at radius 1 is 1.50 bits per heavy atom. The largest absolute Gasteiger partial charge is 0.489 e. The monoisotopic (exact) mass is 405 g/mol. The highest BCUT2D eigenvalue weighted by Crippen LogP contribution is 2.31. The minimum absolute atomic E-state index is 0.0122. The zero-order valence-corrected chi connectivity index (χ0v) is 17.0. The number of carbonyl (C=O) groups is 2. The SMILES string of the molecule is C=CCCCc1nc(C(=O)N[C@H]2COc3cc(C#N)ccc3N(C)C2=O)ncc1C. The summed E-state index contributed by atoms with van der Waals surface area (Å²) >= 11 is 0. The van der Waals surface area contributed by atoms with E-state index in [1.807, 2.05) is 19.1 Å². The maximum Gasteiger partial charge on any atom is 0.289 e. The highest BCUT2D eigenvalue weighted by molar-refractivity contribution is 6.02. The van der Waals surface area contributed by atoms with Crippen molar-refractivity contribution < 1.29 is 14.3 Å². The fraction of sp³-hybridized carbons (Fsp3) is 0.318. The first kappa shape index (κ1) is 21.0. The van der Waals surface area contributed by atoms with Gasteiger partial charge in [0.25, 0.3) is 11.8 Å². The molecule has 0 fully saturated rings. The number of likely N-dealkylation sites (N-methyl/N-ethyl adjacent to an activating group) is 1. The number of ether oxygens (including phenoxy) is 1. The van der Waals surface area contributed by atoms with E-state index in [0.29, 0.717) is 23.4 Å². The Morgan fingerprint density at radius 2 is 2.30 bits per heavy atom. The summed E-state index contributed by atoms with van der Waals surface area (Å²) in [6, 6.07) is 5.96. The lowest BCUT2D eigenvalue weighted by molar-refractivity contribution is -0.120. The normalized spacial score (nSPS) is 15.4. The number of allylic oxidation sites excluding steroid dienone is 1. The van der Waals surface area contributed by atoms with Crippen LogP contribution in [0, 0.1) is 18.3 Å². The minimum Gasteiger partial charge on any atom is -0.489 e. The van der Waals surface area contributed by atoms with Crippen LogP contribution < -0.4 is 15.0 Å². The van der Waals surface area contributed by atoms with Crippen molar-refractivity contribution in [3.05, 3.63) is 59.7 Å². The highest BCUT2D eigenvalue weighted by atomic mass is 16.5. The molecule has 2 aromatic rings. The van der Waals surface area contributed by atoms with Crippen molar-refractivity contribution >= 4 is 17.5 Å². The molecule has 1 aliphatic heterocycles. The first-order valence-corrected chi connectivity index (χ1v) is 9.63. The number of hydrogen-bond acceptors (Lipinski definition) is 6. The molecule has 30 heavy (non-hydrogen) atoms. The summed E-state index contributed by atoms with van der Waals surface area (Å²) in [5, 5.41) is 11.7. The molecule has 1 atom stereocenters. The molecule has 1 aliphatic rings. The summed E-state index contributed by atoms with van der Waals surface area (Å²) in [6.07, 6.45) is 5.91. The van der Waals surface area contributed by atoms with E-state index in [-0.39, 0.29) is 18.3 Å².